The van der Waals surface area contributed by atoms with Crippen molar-refractivity contribution in [1.29, 1.82) is 0 Å². The molecule has 0 radical (unpaired) electrons. The number of aryl methyl sites for hydroxylation is 1. The van der Waals surface area contributed by atoms with Crippen LogP contribution < -0.4 is 11.1 Å². The highest BCUT2D eigenvalue weighted by Crippen LogP contribution is 2.18. The van der Waals surface area contributed by atoms with Gasteiger partial charge in [-0.25, -0.2) is 0 Å². The number of halogens is 1. The van der Waals surface area contributed by atoms with Gasteiger partial charge in [-0.1, -0.05) is 44.9 Å². The molecule has 0 fully saturated rings. The van der Waals surface area contributed by atoms with Crippen LogP contribution >= 0.6 is 23.7 Å². The molecule has 0 bridgehead atoms. The van der Waals surface area contributed by atoms with Crippen molar-refractivity contribution in [3.63, 3.8) is 0 Å². The van der Waals surface area contributed by atoms with Gasteiger partial charge in [0.25, 0.3) is 0 Å². The fraction of sp³-hybridized carbons (Fsp3) is 0.750. The van der Waals surface area contributed by atoms with Crippen molar-refractivity contribution in [1.82, 2.24) is 10.2 Å². The Morgan fingerprint density at radius 2 is 2.11 bits per heavy atom. The van der Waals surface area contributed by atoms with E-state index in [0.717, 1.165) is 30.7 Å². The monoisotopic (exact) mass is 306 g/mol. The van der Waals surface area contributed by atoms with Gasteiger partial charge in [0.15, 0.2) is 0 Å². The minimum Gasteiger partial charge on any atom is -0.320 e. The van der Waals surface area contributed by atoms with Crippen molar-refractivity contribution in [3.05, 3.63) is 5.01 Å². The molecule has 110 valence electrons. The zero-order chi connectivity index (χ0) is 13.5. The molecule has 1 aromatic heterocycles. The normalized spacial score (nSPS) is 13.5. The second-order valence-electron chi connectivity index (χ2n) is 4.51. The number of nitrogens with two attached hydrogens (primary N) is 1. The molecule has 1 rings (SSSR count). The molecular weight excluding hydrogens is 284 g/mol. The number of anilines is 1. The number of carbonyl (C=O) groups excluding carboxylic acids is 1. The quantitative estimate of drug-likeness (QED) is 0.811. The van der Waals surface area contributed by atoms with Crippen molar-refractivity contribution < 1.29 is 4.79 Å². The minimum atomic E-state index is -0.488. The Hall–Kier alpha value is -0.720. The summed E-state index contributed by atoms with van der Waals surface area (Å²) in [5.41, 5.74) is 5.85. The smallest absolute Gasteiger partial charge is 0.243 e. The third-order valence-electron chi connectivity index (χ3n) is 3.00. The highest BCUT2D eigenvalue weighted by atomic mass is 35.5. The van der Waals surface area contributed by atoms with Gasteiger partial charge in [0.1, 0.15) is 5.01 Å². The molecular formula is C12H23ClN4OS. The molecule has 0 aliphatic heterocycles. The Bertz CT molecular complexity index is 386. The Morgan fingerprint density at radius 3 is 2.68 bits per heavy atom. The molecule has 0 aliphatic rings. The highest BCUT2D eigenvalue weighted by molar-refractivity contribution is 7.15. The standard InChI is InChI=1S/C12H22N4OS.ClH/c1-4-6-7-9-15-16-12(18-9)14-11(17)10(13)8(3)5-2;/h8,10H,4-7,13H2,1-3H3,(H,14,16,17);1H. The summed E-state index contributed by atoms with van der Waals surface area (Å²) in [7, 11) is 0. The number of unbranched alkanes of at least 4 members (excludes halogenated alkanes) is 1. The summed E-state index contributed by atoms with van der Waals surface area (Å²) in [5, 5.41) is 12.2. The molecule has 1 amide bonds. The molecule has 2 unspecified atom stereocenters. The average molecular weight is 307 g/mol. The number of rotatable bonds is 7. The number of carbonyl (C=O) groups is 1. The van der Waals surface area contributed by atoms with Crippen LogP contribution in [-0.4, -0.2) is 22.1 Å². The average Bonchev–Trinajstić information content (AvgIpc) is 2.81. The van der Waals surface area contributed by atoms with E-state index in [4.69, 9.17) is 5.73 Å². The SMILES string of the molecule is CCCCc1nnc(NC(=O)C(N)C(C)CC)s1.Cl. The maximum Gasteiger partial charge on any atom is 0.243 e. The maximum absolute atomic E-state index is 11.8. The van der Waals surface area contributed by atoms with E-state index in [9.17, 15) is 4.79 Å². The molecule has 1 aromatic rings. The summed E-state index contributed by atoms with van der Waals surface area (Å²) in [4.78, 5) is 11.8. The van der Waals surface area contributed by atoms with E-state index < -0.39 is 6.04 Å². The van der Waals surface area contributed by atoms with Crippen molar-refractivity contribution in [2.75, 3.05) is 5.32 Å². The Morgan fingerprint density at radius 1 is 1.42 bits per heavy atom. The van der Waals surface area contributed by atoms with E-state index in [1.807, 2.05) is 13.8 Å². The largest absolute Gasteiger partial charge is 0.320 e. The van der Waals surface area contributed by atoms with Crippen LogP contribution in [0.15, 0.2) is 0 Å². The van der Waals surface area contributed by atoms with Gasteiger partial charge in [-0.15, -0.1) is 22.6 Å². The number of nitrogens with one attached hydrogen (secondary N) is 1. The van der Waals surface area contributed by atoms with Gasteiger partial charge >= 0.3 is 0 Å². The van der Waals surface area contributed by atoms with Crippen LogP contribution in [0.25, 0.3) is 0 Å². The highest BCUT2D eigenvalue weighted by Gasteiger charge is 2.20. The van der Waals surface area contributed by atoms with Crippen LogP contribution in [0.4, 0.5) is 5.13 Å². The summed E-state index contributed by atoms with van der Waals surface area (Å²) in [5.74, 6) is -0.0139. The summed E-state index contributed by atoms with van der Waals surface area (Å²) >= 11 is 1.43. The van der Waals surface area contributed by atoms with Crippen LogP contribution in [0.1, 0.15) is 45.0 Å². The zero-order valence-corrected chi connectivity index (χ0v) is 13.3. The van der Waals surface area contributed by atoms with Crippen LogP contribution in [0.2, 0.25) is 0 Å². The lowest BCUT2D eigenvalue weighted by Crippen LogP contribution is -2.40. The number of aromatic nitrogens is 2. The molecule has 3 N–H and O–H groups in total. The second-order valence-corrected chi connectivity index (χ2v) is 5.57. The van der Waals surface area contributed by atoms with Crippen LogP contribution in [0.5, 0.6) is 0 Å². The van der Waals surface area contributed by atoms with Crippen LogP contribution in [-0.2, 0) is 11.2 Å². The molecule has 0 saturated heterocycles. The number of hydrogen-bond acceptors (Lipinski definition) is 5. The topological polar surface area (TPSA) is 80.9 Å². The van der Waals surface area contributed by atoms with Gasteiger partial charge < -0.3 is 5.73 Å². The van der Waals surface area contributed by atoms with Crippen molar-refractivity contribution in [2.45, 2.75) is 52.5 Å². The Balaban J connectivity index is 0.00000324. The zero-order valence-electron chi connectivity index (χ0n) is 11.7. The van der Waals surface area contributed by atoms with Gasteiger partial charge in [-0.3, -0.25) is 10.1 Å². The summed E-state index contributed by atoms with van der Waals surface area (Å²) in [6, 6.07) is -0.488. The van der Waals surface area contributed by atoms with Crippen LogP contribution in [0, 0.1) is 5.92 Å². The first-order chi connectivity index (χ1) is 8.58. The molecule has 0 aromatic carbocycles. The lowest BCUT2D eigenvalue weighted by atomic mass is 10.00. The van der Waals surface area contributed by atoms with Gasteiger partial charge in [0.05, 0.1) is 6.04 Å². The summed E-state index contributed by atoms with van der Waals surface area (Å²) in [6.45, 7) is 6.12. The molecule has 7 heteroatoms. The first-order valence-electron chi connectivity index (χ1n) is 6.47. The van der Waals surface area contributed by atoms with E-state index in [1.54, 1.807) is 0 Å². The maximum atomic E-state index is 11.8. The van der Waals surface area contributed by atoms with E-state index >= 15 is 0 Å². The van der Waals surface area contributed by atoms with Gasteiger partial charge in [-0.05, 0) is 12.3 Å². The molecule has 5 nitrogen and oxygen atoms in total. The first-order valence-corrected chi connectivity index (χ1v) is 7.28. The third-order valence-corrected chi connectivity index (χ3v) is 3.90. The van der Waals surface area contributed by atoms with E-state index in [1.165, 1.54) is 11.3 Å². The lowest BCUT2D eigenvalue weighted by molar-refractivity contribution is -0.118. The van der Waals surface area contributed by atoms with Crippen molar-refractivity contribution in [3.8, 4) is 0 Å². The third kappa shape index (κ3) is 5.84. The fourth-order valence-electron chi connectivity index (χ4n) is 1.43. The molecule has 0 spiro atoms. The first kappa shape index (κ1) is 18.3. The molecule has 0 aliphatic carbocycles. The van der Waals surface area contributed by atoms with E-state index in [2.05, 4.69) is 22.4 Å². The number of nitrogens with zero attached hydrogens (tertiary/aromatic N) is 2. The Labute approximate surface area is 124 Å². The number of hydrogen-bond donors (Lipinski definition) is 2. The van der Waals surface area contributed by atoms with Gasteiger partial charge in [-0.2, -0.15) is 0 Å². The number of amides is 1. The minimum absolute atomic E-state index is 0. The fourth-order valence-corrected chi connectivity index (χ4v) is 2.22. The molecule has 0 saturated carbocycles. The Kier molecular flexibility index (Phi) is 8.88. The molecule has 2 atom stereocenters. The predicted octanol–water partition coefficient (Wildman–Crippen LogP) is 2.61. The van der Waals surface area contributed by atoms with E-state index in [0.29, 0.717) is 5.13 Å². The summed E-state index contributed by atoms with van der Waals surface area (Å²) < 4.78 is 0. The van der Waals surface area contributed by atoms with Crippen molar-refractivity contribution >= 4 is 34.8 Å². The van der Waals surface area contributed by atoms with E-state index in [-0.39, 0.29) is 24.2 Å². The van der Waals surface area contributed by atoms with Crippen molar-refractivity contribution in [2.24, 2.45) is 11.7 Å². The second kappa shape index (κ2) is 9.23. The van der Waals surface area contributed by atoms with Gasteiger partial charge in [0.2, 0.25) is 11.0 Å². The molecule has 19 heavy (non-hydrogen) atoms. The lowest BCUT2D eigenvalue weighted by Gasteiger charge is -2.16. The van der Waals surface area contributed by atoms with Gasteiger partial charge in [0, 0.05) is 6.42 Å². The molecule has 1 heterocycles. The van der Waals surface area contributed by atoms with Crippen LogP contribution in [0.3, 0.4) is 0 Å². The predicted molar refractivity (Wildman–Crippen MR) is 81.8 cm³/mol. The summed E-state index contributed by atoms with van der Waals surface area (Å²) in [6.07, 6.45) is 4.02.